The summed E-state index contributed by atoms with van der Waals surface area (Å²) in [6, 6.07) is 17.7. The summed E-state index contributed by atoms with van der Waals surface area (Å²) < 4.78 is 5.09. The number of carbonyl (C=O) groups excluding carboxylic acids is 1. The fourth-order valence-electron chi connectivity index (χ4n) is 2.47. The van der Waals surface area contributed by atoms with Crippen LogP contribution in [0.15, 0.2) is 54.6 Å². The van der Waals surface area contributed by atoms with Crippen LogP contribution in [0.3, 0.4) is 0 Å². The predicted octanol–water partition coefficient (Wildman–Crippen LogP) is 2.90. The quantitative estimate of drug-likeness (QED) is 0.798. The second-order valence-corrected chi connectivity index (χ2v) is 5.45. The van der Waals surface area contributed by atoms with Crippen molar-refractivity contribution >= 4 is 18.3 Å². The van der Waals surface area contributed by atoms with Gasteiger partial charge in [-0.15, -0.1) is 12.4 Å². The van der Waals surface area contributed by atoms with Crippen molar-refractivity contribution in [1.29, 1.82) is 0 Å². The molecule has 0 unspecified atom stereocenters. The number of ether oxygens (including phenoxy) is 1. The van der Waals surface area contributed by atoms with Gasteiger partial charge in [0.15, 0.2) is 0 Å². The molecule has 0 fully saturated rings. The van der Waals surface area contributed by atoms with Crippen molar-refractivity contribution < 1.29 is 9.53 Å². The van der Waals surface area contributed by atoms with E-state index in [0.717, 1.165) is 12.0 Å². The van der Waals surface area contributed by atoms with Crippen LogP contribution in [0.1, 0.15) is 21.5 Å². The van der Waals surface area contributed by atoms with Crippen LogP contribution in [0.25, 0.3) is 0 Å². The first kappa shape index (κ1) is 20.2. The number of rotatable bonds is 8. The molecule has 0 aliphatic carbocycles. The maximum absolute atomic E-state index is 12.7. The zero-order valence-electron chi connectivity index (χ0n) is 14.0. The highest BCUT2D eigenvalue weighted by Gasteiger charge is 2.15. The van der Waals surface area contributed by atoms with E-state index < -0.39 is 0 Å². The van der Waals surface area contributed by atoms with Gasteiger partial charge in [-0.25, -0.2) is 0 Å². The minimum atomic E-state index is 0. The molecule has 0 atom stereocenters. The maximum Gasteiger partial charge on any atom is 0.253 e. The lowest BCUT2D eigenvalue weighted by Crippen LogP contribution is -2.36. The predicted molar refractivity (Wildman–Crippen MR) is 99.5 cm³/mol. The lowest BCUT2D eigenvalue weighted by Gasteiger charge is -2.22. The van der Waals surface area contributed by atoms with Crippen LogP contribution in [-0.4, -0.2) is 37.6 Å². The third-order valence-corrected chi connectivity index (χ3v) is 3.71. The molecule has 2 rings (SSSR count). The molecular weight excluding hydrogens is 324 g/mol. The first-order valence-corrected chi connectivity index (χ1v) is 7.85. The summed E-state index contributed by atoms with van der Waals surface area (Å²) in [5, 5.41) is 0. The van der Waals surface area contributed by atoms with E-state index in [2.05, 4.69) is 12.1 Å². The minimum absolute atomic E-state index is 0. The van der Waals surface area contributed by atoms with Gasteiger partial charge in [0.1, 0.15) is 0 Å². The van der Waals surface area contributed by atoms with E-state index in [4.69, 9.17) is 10.5 Å². The van der Waals surface area contributed by atoms with Gasteiger partial charge in [0, 0.05) is 32.3 Å². The Morgan fingerprint density at radius 2 is 1.67 bits per heavy atom. The summed E-state index contributed by atoms with van der Waals surface area (Å²) in [5.41, 5.74) is 8.63. The van der Waals surface area contributed by atoms with Crippen molar-refractivity contribution in [3.63, 3.8) is 0 Å². The minimum Gasteiger partial charge on any atom is -0.380 e. The molecule has 0 aliphatic heterocycles. The van der Waals surface area contributed by atoms with Gasteiger partial charge in [-0.3, -0.25) is 4.79 Å². The van der Waals surface area contributed by atoms with Crippen LogP contribution in [-0.2, 0) is 17.8 Å². The zero-order valence-corrected chi connectivity index (χ0v) is 14.8. The smallest absolute Gasteiger partial charge is 0.253 e. The lowest BCUT2D eigenvalue weighted by molar-refractivity contribution is 0.0762. The van der Waals surface area contributed by atoms with Crippen molar-refractivity contribution in [2.75, 3.05) is 26.7 Å². The highest BCUT2D eigenvalue weighted by atomic mass is 35.5. The Morgan fingerprint density at radius 1 is 1.00 bits per heavy atom. The lowest BCUT2D eigenvalue weighted by atomic mass is 10.1. The van der Waals surface area contributed by atoms with Crippen molar-refractivity contribution in [2.24, 2.45) is 5.73 Å². The summed E-state index contributed by atoms with van der Waals surface area (Å²) in [6.45, 7) is 2.24. The standard InChI is InChI=1S/C19H24N2O2.ClH/c1-23-15-17-7-9-18(10-8-17)19(22)21(14-12-20)13-11-16-5-3-2-4-6-16;/h2-10H,11-15,20H2,1H3;1H. The Kier molecular flexibility index (Phi) is 9.08. The molecule has 0 heterocycles. The summed E-state index contributed by atoms with van der Waals surface area (Å²) in [6.07, 6.45) is 0.828. The molecule has 0 bridgehead atoms. The molecular formula is C19H25ClN2O2. The summed E-state index contributed by atoms with van der Waals surface area (Å²) in [5.74, 6) is 0.0235. The monoisotopic (exact) mass is 348 g/mol. The van der Waals surface area contributed by atoms with Gasteiger partial charge < -0.3 is 15.4 Å². The van der Waals surface area contributed by atoms with Crippen LogP contribution in [0, 0.1) is 0 Å². The number of nitrogens with zero attached hydrogens (tertiary/aromatic N) is 1. The Bertz CT molecular complexity index is 603. The molecule has 0 aliphatic rings. The Morgan fingerprint density at radius 3 is 2.25 bits per heavy atom. The Balaban J connectivity index is 0.00000288. The molecule has 0 saturated carbocycles. The van der Waals surface area contributed by atoms with Gasteiger partial charge in [-0.05, 0) is 29.7 Å². The number of methoxy groups -OCH3 is 1. The molecule has 2 aromatic rings. The van der Waals surface area contributed by atoms with Gasteiger partial charge in [0.05, 0.1) is 6.61 Å². The average Bonchev–Trinajstić information content (AvgIpc) is 2.60. The van der Waals surface area contributed by atoms with Gasteiger partial charge >= 0.3 is 0 Å². The molecule has 130 valence electrons. The number of benzene rings is 2. The number of halogens is 1. The van der Waals surface area contributed by atoms with E-state index in [9.17, 15) is 4.79 Å². The van der Waals surface area contributed by atoms with Gasteiger partial charge in [-0.2, -0.15) is 0 Å². The fraction of sp³-hybridized carbons (Fsp3) is 0.316. The number of hydrogen-bond acceptors (Lipinski definition) is 3. The largest absolute Gasteiger partial charge is 0.380 e. The first-order chi connectivity index (χ1) is 11.2. The molecule has 5 heteroatoms. The Labute approximate surface area is 150 Å². The second kappa shape index (κ2) is 10.8. The van der Waals surface area contributed by atoms with Crippen LogP contribution in [0.2, 0.25) is 0 Å². The van der Waals surface area contributed by atoms with E-state index in [1.165, 1.54) is 5.56 Å². The van der Waals surface area contributed by atoms with Crippen molar-refractivity contribution in [3.8, 4) is 0 Å². The first-order valence-electron chi connectivity index (χ1n) is 7.85. The fourth-order valence-corrected chi connectivity index (χ4v) is 2.47. The van der Waals surface area contributed by atoms with Crippen LogP contribution in [0.4, 0.5) is 0 Å². The zero-order chi connectivity index (χ0) is 16.5. The molecule has 0 spiro atoms. The van der Waals surface area contributed by atoms with Crippen molar-refractivity contribution in [3.05, 3.63) is 71.3 Å². The molecule has 2 aromatic carbocycles. The van der Waals surface area contributed by atoms with Gasteiger partial charge in [0.25, 0.3) is 5.91 Å². The summed E-state index contributed by atoms with van der Waals surface area (Å²) >= 11 is 0. The van der Waals surface area contributed by atoms with E-state index in [1.807, 2.05) is 47.4 Å². The van der Waals surface area contributed by atoms with Crippen molar-refractivity contribution in [1.82, 2.24) is 4.90 Å². The molecule has 1 amide bonds. The molecule has 0 radical (unpaired) electrons. The van der Waals surface area contributed by atoms with E-state index in [-0.39, 0.29) is 18.3 Å². The molecule has 24 heavy (non-hydrogen) atoms. The molecule has 0 saturated heterocycles. The number of nitrogens with two attached hydrogens (primary N) is 1. The summed E-state index contributed by atoms with van der Waals surface area (Å²) in [4.78, 5) is 14.5. The second-order valence-electron chi connectivity index (χ2n) is 5.45. The topological polar surface area (TPSA) is 55.6 Å². The van der Waals surface area contributed by atoms with Gasteiger partial charge in [0.2, 0.25) is 0 Å². The Hall–Kier alpha value is -1.88. The highest BCUT2D eigenvalue weighted by molar-refractivity contribution is 5.94. The molecule has 4 nitrogen and oxygen atoms in total. The van der Waals surface area contributed by atoms with Crippen molar-refractivity contribution in [2.45, 2.75) is 13.0 Å². The number of amides is 1. The van der Waals surface area contributed by atoms with Crippen LogP contribution in [0.5, 0.6) is 0 Å². The van der Waals surface area contributed by atoms with E-state index in [0.29, 0.717) is 31.8 Å². The van der Waals surface area contributed by atoms with E-state index in [1.54, 1.807) is 7.11 Å². The highest BCUT2D eigenvalue weighted by Crippen LogP contribution is 2.10. The van der Waals surface area contributed by atoms with Crippen LogP contribution < -0.4 is 5.73 Å². The van der Waals surface area contributed by atoms with Gasteiger partial charge in [-0.1, -0.05) is 42.5 Å². The van der Waals surface area contributed by atoms with E-state index >= 15 is 0 Å². The average molecular weight is 349 g/mol. The normalized spacial score (nSPS) is 10.1. The third kappa shape index (κ3) is 5.96. The molecule has 0 aromatic heterocycles. The summed E-state index contributed by atoms with van der Waals surface area (Å²) in [7, 11) is 1.66. The SMILES string of the molecule is COCc1ccc(C(=O)N(CCN)CCc2ccccc2)cc1.Cl. The third-order valence-electron chi connectivity index (χ3n) is 3.71. The number of carbonyl (C=O) groups is 1. The maximum atomic E-state index is 12.7. The molecule has 2 N–H and O–H groups in total. The number of hydrogen-bond donors (Lipinski definition) is 1. The van der Waals surface area contributed by atoms with Crippen LogP contribution >= 0.6 is 12.4 Å².